The average Bonchev–Trinajstić information content (AvgIpc) is 2.40. The number of primary amides is 1. The van der Waals surface area contributed by atoms with Gasteiger partial charge in [0.05, 0.1) is 0 Å². The van der Waals surface area contributed by atoms with Gasteiger partial charge in [-0.1, -0.05) is 22.0 Å². The van der Waals surface area contributed by atoms with Crippen molar-refractivity contribution >= 4 is 27.5 Å². The molecule has 1 amide bonds. The zero-order chi connectivity index (χ0) is 14.7. The van der Waals surface area contributed by atoms with Gasteiger partial charge in [0.15, 0.2) is 11.6 Å². The van der Waals surface area contributed by atoms with Crippen molar-refractivity contribution in [3.05, 3.63) is 57.8 Å². The third-order valence-corrected chi connectivity index (χ3v) is 3.20. The average molecular weight is 339 g/mol. The Morgan fingerprint density at radius 2 is 2.00 bits per heavy atom. The maximum absolute atomic E-state index is 13.5. The molecule has 0 heterocycles. The SMILES string of the molecule is NC(=O)c1ccc(COc2cc(Br)ccc2F)c(N)c1. The third-order valence-electron chi connectivity index (χ3n) is 2.71. The maximum atomic E-state index is 13.5. The third kappa shape index (κ3) is 3.27. The number of halogens is 2. The van der Waals surface area contributed by atoms with E-state index in [2.05, 4.69) is 15.9 Å². The smallest absolute Gasteiger partial charge is 0.248 e. The van der Waals surface area contributed by atoms with Crippen molar-refractivity contribution in [3.8, 4) is 5.75 Å². The van der Waals surface area contributed by atoms with Crippen LogP contribution >= 0.6 is 15.9 Å². The standard InChI is InChI=1S/C14H12BrFN2O2/c15-10-3-4-11(16)13(6-10)20-7-9-2-1-8(14(18)19)5-12(9)17/h1-6H,7,17H2,(H2,18,19). The molecular formula is C14H12BrFN2O2. The molecule has 0 atom stereocenters. The van der Waals surface area contributed by atoms with Gasteiger partial charge in [0.25, 0.3) is 0 Å². The predicted octanol–water partition coefficient (Wildman–Crippen LogP) is 2.85. The van der Waals surface area contributed by atoms with E-state index in [0.29, 0.717) is 21.3 Å². The van der Waals surface area contributed by atoms with Crippen LogP contribution in [0.3, 0.4) is 0 Å². The maximum Gasteiger partial charge on any atom is 0.248 e. The molecule has 104 valence electrons. The molecule has 2 aromatic carbocycles. The number of nitrogens with two attached hydrogens (primary N) is 2. The number of carbonyl (C=O) groups is 1. The highest BCUT2D eigenvalue weighted by atomic mass is 79.9. The molecule has 20 heavy (non-hydrogen) atoms. The fourth-order valence-corrected chi connectivity index (χ4v) is 1.96. The summed E-state index contributed by atoms with van der Waals surface area (Å²) in [6.45, 7) is 0.0955. The van der Waals surface area contributed by atoms with Crippen molar-refractivity contribution in [2.75, 3.05) is 5.73 Å². The van der Waals surface area contributed by atoms with Crippen LogP contribution in [0.5, 0.6) is 5.75 Å². The monoisotopic (exact) mass is 338 g/mol. The molecular weight excluding hydrogens is 327 g/mol. The molecule has 0 aliphatic heterocycles. The Morgan fingerprint density at radius 3 is 2.65 bits per heavy atom. The summed E-state index contributed by atoms with van der Waals surface area (Å²) in [6, 6.07) is 9.07. The molecule has 2 aromatic rings. The Hall–Kier alpha value is -2.08. The molecule has 4 nitrogen and oxygen atoms in total. The van der Waals surface area contributed by atoms with Crippen LogP contribution in [0.4, 0.5) is 10.1 Å². The van der Waals surface area contributed by atoms with Gasteiger partial charge in [0.1, 0.15) is 6.61 Å². The Bertz CT molecular complexity index is 662. The number of hydrogen-bond donors (Lipinski definition) is 2. The van der Waals surface area contributed by atoms with E-state index in [9.17, 15) is 9.18 Å². The summed E-state index contributed by atoms with van der Waals surface area (Å²) in [7, 11) is 0. The van der Waals surface area contributed by atoms with Crippen molar-refractivity contribution in [1.29, 1.82) is 0 Å². The first-order valence-electron chi connectivity index (χ1n) is 5.73. The van der Waals surface area contributed by atoms with Gasteiger partial charge in [-0.15, -0.1) is 0 Å². The van der Waals surface area contributed by atoms with Crippen LogP contribution in [0, 0.1) is 5.82 Å². The van der Waals surface area contributed by atoms with Gasteiger partial charge < -0.3 is 16.2 Å². The van der Waals surface area contributed by atoms with E-state index in [1.165, 1.54) is 18.2 Å². The summed E-state index contributed by atoms with van der Waals surface area (Å²) in [5.41, 5.74) is 12.3. The second-order valence-electron chi connectivity index (χ2n) is 4.14. The summed E-state index contributed by atoms with van der Waals surface area (Å²) in [5, 5.41) is 0. The molecule has 0 radical (unpaired) electrons. The Morgan fingerprint density at radius 1 is 1.25 bits per heavy atom. The lowest BCUT2D eigenvalue weighted by Gasteiger charge is -2.10. The topological polar surface area (TPSA) is 78.3 Å². The number of amides is 1. The number of carbonyl (C=O) groups excluding carboxylic acids is 1. The molecule has 0 aliphatic carbocycles. The molecule has 2 rings (SSSR count). The van der Waals surface area contributed by atoms with Gasteiger partial charge in [0, 0.05) is 21.3 Å². The van der Waals surface area contributed by atoms with Crippen molar-refractivity contribution in [2.45, 2.75) is 6.61 Å². The summed E-state index contributed by atoms with van der Waals surface area (Å²) in [6.07, 6.45) is 0. The highest BCUT2D eigenvalue weighted by Crippen LogP contribution is 2.24. The van der Waals surface area contributed by atoms with Gasteiger partial charge in [-0.25, -0.2) is 4.39 Å². The van der Waals surface area contributed by atoms with Gasteiger partial charge in [-0.05, 0) is 30.3 Å². The number of benzene rings is 2. The van der Waals surface area contributed by atoms with Crippen molar-refractivity contribution in [2.24, 2.45) is 5.73 Å². The van der Waals surface area contributed by atoms with Gasteiger partial charge >= 0.3 is 0 Å². The quantitative estimate of drug-likeness (QED) is 0.841. The summed E-state index contributed by atoms with van der Waals surface area (Å²) in [5.74, 6) is -0.888. The number of ether oxygens (including phenoxy) is 1. The molecule has 0 aliphatic rings. The Kier molecular flexibility index (Phi) is 4.24. The lowest BCUT2D eigenvalue weighted by Crippen LogP contribution is -2.12. The normalized spacial score (nSPS) is 10.3. The van der Waals surface area contributed by atoms with Crippen molar-refractivity contribution in [3.63, 3.8) is 0 Å². The van der Waals surface area contributed by atoms with Crippen LogP contribution in [0.1, 0.15) is 15.9 Å². The Labute approximate surface area is 123 Å². The number of anilines is 1. The van der Waals surface area contributed by atoms with E-state index in [1.54, 1.807) is 18.2 Å². The van der Waals surface area contributed by atoms with Crippen LogP contribution in [0.15, 0.2) is 40.9 Å². The van der Waals surface area contributed by atoms with Crippen molar-refractivity contribution in [1.82, 2.24) is 0 Å². The van der Waals surface area contributed by atoms with E-state index >= 15 is 0 Å². The first-order chi connectivity index (χ1) is 9.47. The van der Waals surface area contributed by atoms with E-state index < -0.39 is 11.7 Å². The van der Waals surface area contributed by atoms with Crippen LogP contribution < -0.4 is 16.2 Å². The molecule has 0 spiro atoms. The summed E-state index contributed by atoms with van der Waals surface area (Å²) < 4.78 is 19.6. The molecule has 0 saturated carbocycles. The van der Waals surface area contributed by atoms with Crippen LogP contribution in [0.2, 0.25) is 0 Å². The second kappa shape index (κ2) is 5.92. The van der Waals surface area contributed by atoms with Gasteiger partial charge in [-0.2, -0.15) is 0 Å². The fourth-order valence-electron chi connectivity index (χ4n) is 1.62. The molecule has 0 fully saturated rings. The molecule has 0 saturated heterocycles. The molecule has 0 bridgehead atoms. The van der Waals surface area contributed by atoms with E-state index in [1.807, 2.05) is 0 Å². The number of hydrogen-bond acceptors (Lipinski definition) is 3. The van der Waals surface area contributed by atoms with Gasteiger partial charge in [-0.3, -0.25) is 4.79 Å². The molecule has 0 unspecified atom stereocenters. The van der Waals surface area contributed by atoms with E-state index in [-0.39, 0.29) is 12.4 Å². The van der Waals surface area contributed by atoms with Gasteiger partial charge in [0.2, 0.25) is 5.91 Å². The summed E-state index contributed by atoms with van der Waals surface area (Å²) >= 11 is 3.24. The molecule has 6 heteroatoms. The van der Waals surface area contributed by atoms with Crippen molar-refractivity contribution < 1.29 is 13.9 Å². The van der Waals surface area contributed by atoms with Crippen LogP contribution in [0.25, 0.3) is 0 Å². The lowest BCUT2D eigenvalue weighted by atomic mass is 10.1. The minimum absolute atomic E-state index is 0.0955. The minimum Gasteiger partial charge on any atom is -0.486 e. The van der Waals surface area contributed by atoms with E-state index in [0.717, 1.165) is 0 Å². The second-order valence-corrected chi connectivity index (χ2v) is 5.06. The largest absolute Gasteiger partial charge is 0.486 e. The number of nitrogen functional groups attached to an aromatic ring is 1. The highest BCUT2D eigenvalue weighted by Gasteiger charge is 2.08. The minimum atomic E-state index is -0.554. The first-order valence-corrected chi connectivity index (χ1v) is 6.52. The predicted molar refractivity (Wildman–Crippen MR) is 77.8 cm³/mol. The Balaban J connectivity index is 2.15. The molecule has 4 N–H and O–H groups in total. The first kappa shape index (κ1) is 14.3. The zero-order valence-electron chi connectivity index (χ0n) is 10.4. The van der Waals surface area contributed by atoms with E-state index in [4.69, 9.17) is 16.2 Å². The van der Waals surface area contributed by atoms with Crippen LogP contribution in [-0.4, -0.2) is 5.91 Å². The summed E-state index contributed by atoms with van der Waals surface area (Å²) in [4.78, 5) is 11.0. The highest BCUT2D eigenvalue weighted by molar-refractivity contribution is 9.10. The van der Waals surface area contributed by atoms with Crippen LogP contribution in [-0.2, 0) is 6.61 Å². The molecule has 0 aromatic heterocycles. The fraction of sp³-hybridized carbons (Fsp3) is 0.0714. The lowest BCUT2D eigenvalue weighted by molar-refractivity contribution is 0.100. The number of rotatable bonds is 4. The zero-order valence-corrected chi connectivity index (χ0v) is 12.0.